The van der Waals surface area contributed by atoms with Crippen molar-refractivity contribution in [2.45, 2.75) is 44.6 Å². The molecule has 0 aromatic carbocycles. The molecule has 1 heterocycles. The van der Waals surface area contributed by atoms with Gasteiger partial charge in [-0.25, -0.2) is 0 Å². The first-order valence-electron chi connectivity index (χ1n) is 7.88. The average molecular weight is 317 g/mol. The van der Waals surface area contributed by atoms with Gasteiger partial charge in [0, 0.05) is 12.6 Å². The van der Waals surface area contributed by atoms with Crippen LogP contribution in [0.2, 0.25) is 0 Å². The number of nitrogens with zero attached hydrogens (tertiary/aromatic N) is 1. The minimum atomic E-state index is -0.732. The number of hydrogen-bond acceptors (Lipinski definition) is 3. The fourth-order valence-electron chi connectivity index (χ4n) is 3.37. The van der Waals surface area contributed by atoms with Gasteiger partial charge < -0.3 is 10.4 Å². The van der Waals surface area contributed by atoms with Gasteiger partial charge in [-0.1, -0.05) is 0 Å². The first kappa shape index (κ1) is 16.6. The number of carbonyl (C=O) groups is 2. The molecule has 3 aliphatic rings. The second kappa shape index (κ2) is 6.97. The van der Waals surface area contributed by atoms with Crippen LogP contribution in [0.3, 0.4) is 0 Å². The van der Waals surface area contributed by atoms with E-state index in [0.717, 1.165) is 19.4 Å². The van der Waals surface area contributed by atoms with Crippen molar-refractivity contribution in [3.8, 4) is 0 Å². The summed E-state index contributed by atoms with van der Waals surface area (Å²) in [5.41, 5.74) is 0. The van der Waals surface area contributed by atoms with Crippen LogP contribution in [0.1, 0.15) is 38.5 Å². The van der Waals surface area contributed by atoms with Crippen molar-refractivity contribution in [2.24, 2.45) is 17.8 Å². The molecule has 0 aromatic rings. The molecule has 6 heteroatoms. The van der Waals surface area contributed by atoms with E-state index >= 15 is 0 Å². The Morgan fingerprint density at radius 3 is 2.29 bits per heavy atom. The molecule has 0 radical (unpaired) electrons. The lowest BCUT2D eigenvalue weighted by Gasteiger charge is -2.30. The fraction of sp³-hybridized carbons (Fsp3) is 0.867. The molecule has 0 bridgehead atoms. The van der Waals surface area contributed by atoms with E-state index in [9.17, 15) is 9.59 Å². The van der Waals surface area contributed by atoms with Crippen LogP contribution in [-0.2, 0) is 9.59 Å². The Hall–Kier alpha value is -0.810. The molecular weight excluding hydrogens is 292 g/mol. The highest BCUT2D eigenvalue weighted by atomic mass is 35.5. The number of carboxylic acids is 1. The van der Waals surface area contributed by atoms with Crippen LogP contribution in [0.25, 0.3) is 0 Å². The van der Waals surface area contributed by atoms with E-state index < -0.39 is 5.97 Å². The molecule has 0 aromatic heterocycles. The lowest BCUT2D eigenvalue weighted by Crippen LogP contribution is -2.47. The quantitative estimate of drug-likeness (QED) is 0.779. The van der Waals surface area contributed by atoms with Gasteiger partial charge >= 0.3 is 5.97 Å². The van der Waals surface area contributed by atoms with Crippen molar-refractivity contribution in [1.82, 2.24) is 10.2 Å². The molecule has 21 heavy (non-hydrogen) atoms. The maximum atomic E-state index is 12.2. The van der Waals surface area contributed by atoms with Crippen LogP contribution in [0.5, 0.6) is 0 Å². The Morgan fingerprint density at radius 1 is 1.14 bits per heavy atom. The van der Waals surface area contributed by atoms with Gasteiger partial charge in [-0.3, -0.25) is 14.5 Å². The zero-order chi connectivity index (χ0) is 14.1. The van der Waals surface area contributed by atoms with Crippen LogP contribution in [0.15, 0.2) is 0 Å². The molecule has 2 N–H and O–H groups in total. The van der Waals surface area contributed by atoms with Gasteiger partial charge in [0.2, 0.25) is 5.91 Å². The van der Waals surface area contributed by atoms with E-state index in [2.05, 4.69) is 5.32 Å². The maximum Gasteiger partial charge on any atom is 0.307 e. The van der Waals surface area contributed by atoms with Crippen molar-refractivity contribution >= 4 is 24.3 Å². The van der Waals surface area contributed by atoms with Crippen molar-refractivity contribution < 1.29 is 14.7 Å². The summed E-state index contributed by atoms with van der Waals surface area (Å²) in [4.78, 5) is 25.2. The minimum absolute atomic E-state index is 0. The molecule has 1 amide bonds. The summed E-state index contributed by atoms with van der Waals surface area (Å²) >= 11 is 0. The summed E-state index contributed by atoms with van der Waals surface area (Å²) in [6, 6.07) is 0.391. The third kappa shape index (κ3) is 4.58. The molecule has 1 saturated heterocycles. The lowest BCUT2D eigenvalue weighted by atomic mass is 9.98. The molecular formula is C15H25ClN2O3. The topological polar surface area (TPSA) is 69.6 Å². The van der Waals surface area contributed by atoms with E-state index in [1.807, 2.05) is 4.90 Å². The normalized spacial score (nSPS) is 26.2. The van der Waals surface area contributed by atoms with E-state index in [1.54, 1.807) is 0 Å². The Kier molecular flexibility index (Phi) is 5.49. The van der Waals surface area contributed by atoms with Crippen LogP contribution in [-0.4, -0.2) is 47.6 Å². The maximum absolute atomic E-state index is 12.2. The second-order valence-corrected chi connectivity index (χ2v) is 6.68. The smallest absolute Gasteiger partial charge is 0.307 e. The third-order valence-corrected chi connectivity index (χ3v) is 4.81. The van der Waals surface area contributed by atoms with Crippen LogP contribution >= 0.6 is 12.4 Å². The number of rotatable bonds is 6. The van der Waals surface area contributed by atoms with Crippen LogP contribution in [0.4, 0.5) is 0 Å². The summed E-state index contributed by atoms with van der Waals surface area (Å²) in [6.07, 6.45) is 6.64. The first-order valence-corrected chi connectivity index (χ1v) is 7.88. The zero-order valence-electron chi connectivity index (χ0n) is 12.3. The lowest BCUT2D eigenvalue weighted by molar-refractivity contribution is -0.144. The fourth-order valence-corrected chi connectivity index (χ4v) is 3.37. The number of amides is 1. The Morgan fingerprint density at radius 2 is 1.76 bits per heavy atom. The average Bonchev–Trinajstić information content (AvgIpc) is 3.28. The number of piperidine rings is 1. The summed E-state index contributed by atoms with van der Waals surface area (Å²) < 4.78 is 0. The molecule has 120 valence electrons. The summed E-state index contributed by atoms with van der Waals surface area (Å²) in [6.45, 7) is 1.72. The monoisotopic (exact) mass is 316 g/mol. The van der Waals surface area contributed by atoms with Crippen LogP contribution < -0.4 is 5.32 Å². The predicted octanol–water partition coefficient (Wildman–Crippen LogP) is 1.51. The van der Waals surface area contributed by atoms with Crippen LogP contribution in [0, 0.1) is 17.8 Å². The SMILES string of the molecule is Cl.O=C(CN1CCCC(C(=O)O)C1)NC(C1CC1)C1CC1. The molecule has 0 spiro atoms. The van der Waals surface area contributed by atoms with E-state index in [1.165, 1.54) is 25.7 Å². The minimum Gasteiger partial charge on any atom is -0.481 e. The molecule has 1 aliphatic heterocycles. The highest BCUT2D eigenvalue weighted by Gasteiger charge is 2.42. The highest BCUT2D eigenvalue weighted by Crippen LogP contribution is 2.44. The number of nitrogens with one attached hydrogen (secondary N) is 1. The molecule has 1 unspecified atom stereocenters. The summed E-state index contributed by atoms with van der Waals surface area (Å²) in [7, 11) is 0. The van der Waals surface area contributed by atoms with Gasteiger partial charge in [0.15, 0.2) is 0 Å². The van der Waals surface area contributed by atoms with Gasteiger partial charge in [-0.2, -0.15) is 0 Å². The third-order valence-electron chi connectivity index (χ3n) is 4.81. The van der Waals surface area contributed by atoms with Gasteiger partial charge in [-0.15, -0.1) is 12.4 Å². The number of carboxylic acid groups (broad SMARTS) is 1. The largest absolute Gasteiger partial charge is 0.481 e. The first-order chi connectivity index (χ1) is 9.63. The van der Waals surface area contributed by atoms with Crippen molar-refractivity contribution in [1.29, 1.82) is 0 Å². The number of aliphatic carboxylic acids is 1. The second-order valence-electron chi connectivity index (χ2n) is 6.68. The van der Waals surface area contributed by atoms with Gasteiger partial charge in [0.25, 0.3) is 0 Å². The zero-order valence-corrected chi connectivity index (χ0v) is 13.1. The molecule has 5 nitrogen and oxygen atoms in total. The number of likely N-dealkylation sites (tertiary alicyclic amines) is 1. The van der Waals surface area contributed by atoms with Gasteiger partial charge in [-0.05, 0) is 56.9 Å². The predicted molar refractivity (Wildman–Crippen MR) is 81.4 cm³/mol. The van der Waals surface area contributed by atoms with Crippen molar-refractivity contribution in [3.63, 3.8) is 0 Å². The van der Waals surface area contributed by atoms with E-state index in [-0.39, 0.29) is 24.2 Å². The molecule has 3 rings (SSSR count). The number of hydrogen-bond donors (Lipinski definition) is 2. The standard InChI is InChI=1S/C15H24N2O3.ClH/c18-13(16-14(10-3-4-10)11-5-6-11)9-17-7-1-2-12(8-17)15(19)20;/h10-12,14H,1-9H2,(H,16,18)(H,19,20);1H. The molecule has 3 fully saturated rings. The molecule has 1 atom stereocenters. The van der Waals surface area contributed by atoms with E-state index in [0.29, 0.717) is 31.0 Å². The summed E-state index contributed by atoms with van der Waals surface area (Å²) in [5.74, 6) is 0.460. The van der Waals surface area contributed by atoms with Gasteiger partial charge in [0.1, 0.15) is 0 Å². The van der Waals surface area contributed by atoms with Gasteiger partial charge in [0.05, 0.1) is 12.5 Å². The van der Waals surface area contributed by atoms with Crippen molar-refractivity contribution in [2.75, 3.05) is 19.6 Å². The Bertz CT molecular complexity index is 384. The number of halogens is 1. The summed E-state index contributed by atoms with van der Waals surface area (Å²) in [5, 5.41) is 12.3. The van der Waals surface area contributed by atoms with E-state index in [4.69, 9.17) is 5.11 Å². The molecule has 2 aliphatic carbocycles. The number of carbonyl (C=O) groups excluding carboxylic acids is 1. The Labute approximate surface area is 131 Å². The van der Waals surface area contributed by atoms with Crippen molar-refractivity contribution in [3.05, 3.63) is 0 Å². The Balaban J connectivity index is 0.00000161. The molecule has 2 saturated carbocycles. The highest BCUT2D eigenvalue weighted by molar-refractivity contribution is 5.85.